The minimum atomic E-state index is 0.160. The van der Waals surface area contributed by atoms with Crippen molar-refractivity contribution in [1.29, 1.82) is 0 Å². The minimum Gasteiger partial charge on any atom is -0.298 e. The molecule has 0 aromatic rings. The number of Topliss-reactive ketones (excluding diaryl/α,β-unsaturated/α-hetero) is 1. The molecule has 1 aliphatic carbocycles. The van der Waals surface area contributed by atoms with Gasteiger partial charge in [0.05, 0.1) is 9.45 Å². The first-order valence-corrected chi connectivity index (χ1v) is 7.02. The fraction of sp³-hybridized carbons (Fsp3) is 0.778. The first-order valence-electron chi connectivity index (χ1n) is 4.39. The van der Waals surface area contributed by atoms with Crippen LogP contribution in [0.5, 0.6) is 0 Å². The van der Waals surface area contributed by atoms with E-state index in [1.807, 2.05) is 0 Å². The van der Waals surface area contributed by atoms with Gasteiger partial charge in [0.25, 0.3) is 0 Å². The van der Waals surface area contributed by atoms with Gasteiger partial charge in [-0.3, -0.25) is 4.79 Å². The number of rotatable bonds is 0. The molecule has 0 N–H and O–H groups in total. The summed E-state index contributed by atoms with van der Waals surface area (Å²) in [7, 11) is 3.30. The monoisotopic (exact) mass is 232 g/mol. The van der Waals surface area contributed by atoms with Gasteiger partial charge in [-0.05, 0) is 22.6 Å². The van der Waals surface area contributed by atoms with E-state index >= 15 is 0 Å². The fourth-order valence-electron chi connectivity index (χ4n) is 2.06. The van der Waals surface area contributed by atoms with E-state index in [-0.39, 0.29) is 10.7 Å². The zero-order chi connectivity index (χ0) is 9.64. The highest BCUT2D eigenvalue weighted by Crippen LogP contribution is 2.52. The molecular formula is C9H12OS3. The number of carbonyl (C=O) groups excluding carboxylic acids is 1. The van der Waals surface area contributed by atoms with Crippen LogP contribution in [0.3, 0.4) is 0 Å². The van der Waals surface area contributed by atoms with Crippen LogP contribution in [0.2, 0.25) is 0 Å². The van der Waals surface area contributed by atoms with Crippen LogP contribution in [0.25, 0.3) is 0 Å². The highest BCUT2D eigenvalue weighted by atomic mass is 33.1. The maximum Gasteiger partial charge on any atom is 0.147 e. The van der Waals surface area contributed by atoms with Crippen LogP contribution < -0.4 is 0 Å². The quantitative estimate of drug-likeness (QED) is 0.471. The summed E-state index contributed by atoms with van der Waals surface area (Å²) < 4.78 is 1.04. The van der Waals surface area contributed by atoms with Gasteiger partial charge in [0.2, 0.25) is 0 Å². The van der Waals surface area contributed by atoms with Gasteiger partial charge in [-0.15, -0.1) is 0 Å². The van der Waals surface area contributed by atoms with Crippen molar-refractivity contribution in [2.24, 2.45) is 11.3 Å². The largest absolute Gasteiger partial charge is 0.298 e. The third-order valence-corrected chi connectivity index (χ3v) is 6.33. The predicted octanol–water partition coefficient (Wildman–Crippen LogP) is 3.08. The molecule has 1 saturated heterocycles. The van der Waals surface area contributed by atoms with E-state index in [1.54, 1.807) is 21.6 Å². The smallest absolute Gasteiger partial charge is 0.147 e. The molecule has 0 radical (unpaired) electrons. The molecule has 13 heavy (non-hydrogen) atoms. The molecule has 0 aromatic heterocycles. The van der Waals surface area contributed by atoms with E-state index < -0.39 is 0 Å². The second-order valence-corrected chi connectivity index (χ2v) is 7.62. The van der Waals surface area contributed by atoms with E-state index in [9.17, 15) is 4.79 Å². The van der Waals surface area contributed by atoms with Gasteiger partial charge in [-0.1, -0.05) is 36.9 Å². The highest BCUT2D eigenvalue weighted by Gasteiger charge is 2.46. The Morgan fingerprint density at radius 1 is 1.54 bits per heavy atom. The lowest BCUT2D eigenvalue weighted by molar-refractivity contribution is -0.123. The van der Waals surface area contributed by atoms with Crippen LogP contribution in [-0.2, 0) is 4.79 Å². The second-order valence-electron chi connectivity index (χ2n) is 4.54. The summed E-state index contributed by atoms with van der Waals surface area (Å²) in [5.41, 5.74) is 0.160. The predicted molar refractivity (Wildman–Crippen MR) is 63.1 cm³/mol. The lowest BCUT2D eigenvalue weighted by Crippen LogP contribution is -2.38. The average molecular weight is 232 g/mol. The van der Waals surface area contributed by atoms with Crippen molar-refractivity contribution in [2.75, 3.05) is 0 Å². The summed E-state index contributed by atoms with van der Waals surface area (Å²) in [6, 6.07) is 0. The summed E-state index contributed by atoms with van der Waals surface area (Å²) in [5.74, 6) is 0.764. The van der Waals surface area contributed by atoms with E-state index in [0.29, 0.717) is 11.7 Å². The molecule has 72 valence electrons. The maximum absolute atomic E-state index is 11.7. The minimum absolute atomic E-state index is 0.160. The molecule has 0 spiro atoms. The highest BCUT2D eigenvalue weighted by molar-refractivity contribution is 8.84. The van der Waals surface area contributed by atoms with Crippen molar-refractivity contribution >= 4 is 43.8 Å². The van der Waals surface area contributed by atoms with Gasteiger partial charge in [0, 0.05) is 12.3 Å². The first kappa shape index (κ1) is 9.99. The third-order valence-electron chi connectivity index (χ3n) is 2.64. The average Bonchev–Trinajstić information content (AvgIpc) is 2.30. The molecule has 0 aromatic carbocycles. The third kappa shape index (κ3) is 1.81. The van der Waals surface area contributed by atoms with Crippen LogP contribution in [0.1, 0.15) is 26.7 Å². The Morgan fingerprint density at radius 3 is 2.92 bits per heavy atom. The van der Waals surface area contributed by atoms with Crippen molar-refractivity contribution < 1.29 is 4.79 Å². The van der Waals surface area contributed by atoms with Gasteiger partial charge in [-0.2, -0.15) is 0 Å². The summed E-state index contributed by atoms with van der Waals surface area (Å²) >= 11 is 5.26. The molecule has 1 nitrogen and oxygen atoms in total. The van der Waals surface area contributed by atoms with Gasteiger partial charge >= 0.3 is 0 Å². The van der Waals surface area contributed by atoms with E-state index in [2.05, 4.69) is 13.8 Å². The Morgan fingerprint density at radius 2 is 2.23 bits per heavy atom. The van der Waals surface area contributed by atoms with Crippen molar-refractivity contribution in [3.05, 3.63) is 0 Å². The van der Waals surface area contributed by atoms with Crippen LogP contribution in [-0.4, -0.2) is 15.2 Å². The zero-order valence-corrected chi connectivity index (χ0v) is 10.2. The summed E-state index contributed by atoms with van der Waals surface area (Å²) in [4.78, 5) is 11.7. The molecule has 2 fully saturated rings. The SMILES string of the molecule is CC1(C)CC(=O)C2SSC(=S)C2C1. The van der Waals surface area contributed by atoms with Crippen LogP contribution in [0, 0.1) is 11.3 Å². The number of thiocarbonyl (C=S) groups is 1. The fourth-order valence-corrected chi connectivity index (χ4v) is 5.59. The number of hydrogen-bond acceptors (Lipinski definition) is 4. The number of fused-ring (bicyclic) bond motifs is 1. The van der Waals surface area contributed by atoms with Gasteiger partial charge in [-0.25, -0.2) is 0 Å². The summed E-state index contributed by atoms with van der Waals surface area (Å²) in [6.07, 6.45) is 1.81. The lowest BCUT2D eigenvalue weighted by Gasteiger charge is -2.35. The molecule has 0 amide bonds. The molecule has 2 unspecified atom stereocenters. The van der Waals surface area contributed by atoms with Gasteiger partial charge in [0.15, 0.2) is 0 Å². The molecule has 1 aliphatic heterocycles. The number of ketones is 1. The normalized spacial score (nSPS) is 37.7. The van der Waals surface area contributed by atoms with Crippen molar-refractivity contribution in [3.63, 3.8) is 0 Å². The lowest BCUT2D eigenvalue weighted by atomic mass is 9.72. The Kier molecular flexibility index (Phi) is 2.49. The molecule has 2 atom stereocenters. The number of hydrogen-bond donors (Lipinski definition) is 0. The maximum atomic E-state index is 11.7. The molecule has 2 rings (SSSR count). The topological polar surface area (TPSA) is 17.1 Å². The van der Waals surface area contributed by atoms with Gasteiger partial charge in [0.1, 0.15) is 5.78 Å². The second kappa shape index (κ2) is 3.24. The zero-order valence-electron chi connectivity index (χ0n) is 7.70. The number of carbonyl (C=O) groups is 1. The molecular weight excluding hydrogens is 220 g/mol. The van der Waals surface area contributed by atoms with Crippen LogP contribution in [0.4, 0.5) is 0 Å². The van der Waals surface area contributed by atoms with Crippen LogP contribution in [0.15, 0.2) is 0 Å². The van der Waals surface area contributed by atoms with Crippen LogP contribution >= 0.6 is 33.8 Å². The Hall–Kier alpha value is 0.460. The van der Waals surface area contributed by atoms with E-state index in [0.717, 1.165) is 17.0 Å². The molecule has 0 bridgehead atoms. The molecule has 1 saturated carbocycles. The summed E-state index contributed by atoms with van der Waals surface area (Å²) in [6.45, 7) is 4.33. The van der Waals surface area contributed by atoms with E-state index in [4.69, 9.17) is 12.2 Å². The summed E-state index contributed by atoms with van der Waals surface area (Å²) in [5, 5.41) is 0.172. The molecule has 2 aliphatic rings. The van der Waals surface area contributed by atoms with Crippen molar-refractivity contribution in [3.8, 4) is 0 Å². The first-order chi connectivity index (χ1) is 5.99. The molecule has 1 heterocycles. The standard InChI is InChI=1S/C9H12OS3/c1-9(2)3-5-7(6(10)4-9)12-13-8(5)11/h5,7H,3-4H2,1-2H3. The molecule has 4 heteroatoms. The van der Waals surface area contributed by atoms with Crippen molar-refractivity contribution in [1.82, 2.24) is 0 Å². The van der Waals surface area contributed by atoms with Gasteiger partial charge < -0.3 is 0 Å². The van der Waals surface area contributed by atoms with Crippen molar-refractivity contribution in [2.45, 2.75) is 31.9 Å². The Balaban J connectivity index is 2.24. The Bertz CT molecular complexity index is 272. The van der Waals surface area contributed by atoms with E-state index in [1.165, 1.54) is 0 Å². The Labute approximate surface area is 91.8 Å².